The van der Waals surface area contributed by atoms with Crippen molar-refractivity contribution >= 4 is 11.6 Å². The molecular formula is C17H22N4O. The van der Waals surface area contributed by atoms with Crippen molar-refractivity contribution in [2.75, 3.05) is 5.32 Å². The van der Waals surface area contributed by atoms with Crippen molar-refractivity contribution in [3.05, 3.63) is 46.8 Å². The Kier molecular flexibility index (Phi) is 4.42. The van der Waals surface area contributed by atoms with Gasteiger partial charge in [0.1, 0.15) is 11.5 Å². The maximum Gasteiger partial charge on any atom is 0.193 e. The number of fused-ring (bicyclic) bond motifs is 1. The van der Waals surface area contributed by atoms with Gasteiger partial charge < -0.3 is 15.6 Å². The van der Waals surface area contributed by atoms with E-state index in [1.807, 2.05) is 12.1 Å². The van der Waals surface area contributed by atoms with Gasteiger partial charge >= 0.3 is 0 Å². The molecule has 0 bridgehead atoms. The van der Waals surface area contributed by atoms with Crippen LogP contribution in [-0.4, -0.2) is 11.1 Å². The molecule has 3 N–H and O–H groups in total. The summed E-state index contributed by atoms with van der Waals surface area (Å²) in [4.78, 5) is 4.39. The number of guanidine groups is 1. The van der Waals surface area contributed by atoms with Gasteiger partial charge in [0.2, 0.25) is 0 Å². The lowest BCUT2D eigenvalue weighted by Crippen LogP contribution is -2.22. The average molecular weight is 298 g/mol. The van der Waals surface area contributed by atoms with Crippen molar-refractivity contribution in [2.45, 2.75) is 45.6 Å². The summed E-state index contributed by atoms with van der Waals surface area (Å²) >= 11 is 0. The second kappa shape index (κ2) is 6.64. The summed E-state index contributed by atoms with van der Waals surface area (Å²) < 4.78 is 5.39. The molecule has 1 aliphatic rings. The summed E-state index contributed by atoms with van der Waals surface area (Å²) in [6, 6.07) is 8.18. The van der Waals surface area contributed by atoms with Gasteiger partial charge in [-0.25, -0.2) is 4.99 Å². The van der Waals surface area contributed by atoms with Crippen LogP contribution in [0.5, 0.6) is 0 Å². The van der Waals surface area contributed by atoms with Crippen LogP contribution in [0.4, 0.5) is 5.69 Å². The number of nitrogens with zero attached hydrogens (tertiary/aromatic N) is 2. The third-order valence-electron chi connectivity index (χ3n) is 4.04. The minimum atomic E-state index is 0.404. The van der Waals surface area contributed by atoms with E-state index in [-0.39, 0.29) is 0 Å². The highest BCUT2D eigenvalue weighted by Gasteiger charge is 2.18. The van der Waals surface area contributed by atoms with E-state index in [2.05, 4.69) is 34.5 Å². The monoisotopic (exact) mass is 298 g/mol. The second-order valence-electron chi connectivity index (χ2n) is 5.62. The minimum absolute atomic E-state index is 0.404. The zero-order valence-electron chi connectivity index (χ0n) is 12.9. The Morgan fingerprint density at radius 2 is 2.23 bits per heavy atom. The molecule has 3 rings (SSSR count). The van der Waals surface area contributed by atoms with Gasteiger partial charge in [0.05, 0.1) is 6.54 Å². The van der Waals surface area contributed by atoms with Crippen molar-refractivity contribution in [3.8, 4) is 0 Å². The molecule has 1 heterocycles. The molecule has 22 heavy (non-hydrogen) atoms. The van der Waals surface area contributed by atoms with Gasteiger partial charge in [-0.05, 0) is 43.4 Å². The van der Waals surface area contributed by atoms with Crippen LogP contribution in [0, 0.1) is 0 Å². The SMILES string of the molecule is CCc1cccc(NC(N)=NCc2noc3c2CCCC3)c1. The van der Waals surface area contributed by atoms with Crippen LogP contribution in [0.3, 0.4) is 0 Å². The van der Waals surface area contributed by atoms with E-state index in [1.165, 1.54) is 24.0 Å². The van der Waals surface area contributed by atoms with Gasteiger partial charge in [-0.3, -0.25) is 0 Å². The van der Waals surface area contributed by atoms with Crippen LogP contribution in [0.2, 0.25) is 0 Å². The Hall–Kier alpha value is -2.30. The number of hydrogen-bond donors (Lipinski definition) is 2. The van der Waals surface area contributed by atoms with Crippen LogP contribution in [0.1, 0.15) is 42.3 Å². The molecule has 2 aromatic rings. The molecule has 0 amide bonds. The maximum absolute atomic E-state index is 5.97. The molecular weight excluding hydrogens is 276 g/mol. The lowest BCUT2D eigenvalue weighted by Gasteiger charge is -2.09. The standard InChI is InChI=1S/C17H22N4O/c1-2-12-6-5-7-13(10-12)20-17(18)19-11-15-14-8-3-4-9-16(14)22-21-15/h5-7,10H,2-4,8-9,11H2,1H3,(H3,18,19,20). The van der Waals surface area contributed by atoms with Crippen LogP contribution < -0.4 is 11.1 Å². The second-order valence-corrected chi connectivity index (χ2v) is 5.62. The molecule has 5 nitrogen and oxygen atoms in total. The summed E-state index contributed by atoms with van der Waals surface area (Å²) in [6.45, 7) is 2.59. The lowest BCUT2D eigenvalue weighted by molar-refractivity contribution is 0.368. The molecule has 5 heteroatoms. The van der Waals surface area contributed by atoms with Crippen molar-refractivity contribution in [1.29, 1.82) is 0 Å². The average Bonchev–Trinajstić information content (AvgIpc) is 2.96. The molecule has 0 spiro atoms. The number of nitrogens with one attached hydrogen (secondary N) is 1. The first-order valence-electron chi connectivity index (χ1n) is 7.88. The number of aliphatic imine (C=N–C) groups is 1. The third-order valence-corrected chi connectivity index (χ3v) is 4.04. The van der Waals surface area contributed by atoms with Crippen molar-refractivity contribution in [1.82, 2.24) is 5.16 Å². The van der Waals surface area contributed by atoms with E-state index in [1.54, 1.807) is 0 Å². The van der Waals surface area contributed by atoms with Crippen molar-refractivity contribution in [2.24, 2.45) is 10.7 Å². The Morgan fingerprint density at radius 3 is 3.09 bits per heavy atom. The predicted molar refractivity (Wildman–Crippen MR) is 87.9 cm³/mol. The van der Waals surface area contributed by atoms with Crippen molar-refractivity contribution in [3.63, 3.8) is 0 Å². The summed E-state index contributed by atoms with van der Waals surface area (Å²) in [5, 5.41) is 7.27. The maximum atomic E-state index is 5.97. The van der Waals surface area contributed by atoms with Crippen LogP contribution >= 0.6 is 0 Å². The fourth-order valence-corrected chi connectivity index (χ4v) is 2.79. The highest BCUT2D eigenvalue weighted by molar-refractivity contribution is 5.92. The first-order valence-corrected chi connectivity index (χ1v) is 7.88. The van der Waals surface area contributed by atoms with Gasteiger partial charge in [0, 0.05) is 17.7 Å². The van der Waals surface area contributed by atoms with Gasteiger partial charge in [0.25, 0.3) is 0 Å². The van der Waals surface area contributed by atoms with Gasteiger partial charge in [0.15, 0.2) is 5.96 Å². The fraction of sp³-hybridized carbons (Fsp3) is 0.412. The first-order chi connectivity index (χ1) is 10.8. The fourth-order valence-electron chi connectivity index (χ4n) is 2.79. The zero-order chi connectivity index (χ0) is 15.4. The Balaban J connectivity index is 1.66. The van der Waals surface area contributed by atoms with Crippen LogP contribution in [0.25, 0.3) is 0 Å². The van der Waals surface area contributed by atoms with E-state index in [4.69, 9.17) is 10.3 Å². The molecule has 116 valence electrons. The summed E-state index contributed by atoms with van der Waals surface area (Å²) in [7, 11) is 0. The third kappa shape index (κ3) is 3.30. The number of aryl methyl sites for hydroxylation is 2. The number of nitrogens with two attached hydrogens (primary N) is 1. The number of aromatic nitrogens is 1. The van der Waals surface area contributed by atoms with Crippen molar-refractivity contribution < 1.29 is 4.52 Å². The molecule has 0 radical (unpaired) electrons. The molecule has 1 aromatic heterocycles. The molecule has 0 saturated heterocycles. The zero-order valence-corrected chi connectivity index (χ0v) is 12.9. The predicted octanol–water partition coefficient (Wildman–Crippen LogP) is 3.04. The van der Waals surface area contributed by atoms with Gasteiger partial charge in [-0.1, -0.05) is 24.2 Å². The van der Waals surface area contributed by atoms with E-state index in [0.29, 0.717) is 12.5 Å². The largest absolute Gasteiger partial charge is 0.370 e. The summed E-state index contributed by atoms with van der Waals surface area (Å²) in [5.74, 6) is 1.43. The topological polar surface area (TPSA) is 76.4 Å². The quantitative estimate of drug-likeness (QED) is 0.672. The molecule has 1 aromatic carbocycles. The van der Waals surface area contributed by atoms with Gasteiger partial charge in [-0.15, -0.1) is 0 Å². The molecule has 0 unspecified atom stereocenters. The van der Waals surface area contributed by atoms with Crippen LogP contribution in [-0.2, 0) is 25.8 Å². The highest BCUT2D eigenvalue weighted by Crippen LogP contribution is 2.24. The van der Waals surface area contributed by atoms with E-state index in [9.17, 15) is 0 Å². The Labute approximate surface area is 130 Å². The molecule has 0 fully saturated rings. The number of benzene rings is 1. The first kappa shape index (κ1) is 14.6. The molecule has 0 aliphatic heterocycles. The van der Waals surface area contributed by atoms with E-state index >= 15 is 0 Å². The smallest absolute Gasteiger partial charge is 0.193 e. The summed E-state index contributed by atoms with van der Waals surface area (Å²) in [5.41, 5.74) is 10.3. The molecule has 0 saturated carbocycles. The number of hydrogen-bond acceptors (Lipinski definition) is 3. The Morgan fingerprint density at radius 1 is 1.36 bits per heavy atom. The number of rotatable bonds is 4. The normalized spacial score (nSPS) is 14.7. The molecule has 0 atom stereocenters. The Bertz CT molecular complexity index is 675. The number of anilines is 1. The van der Waals surface area contributed by atoms with E-state index < -0.39 is 0 Å². The minimum Gasteiger partial charge on any atom is -0.370 e. The van der Waals surface area contributed by atoms with Gasteiger partial charge in [-0.2, -0.15) is 0 Å². The lowest BCUT2D eigenvalue weighted by atomic mass is 9.96. The summed E-state index contributed by atoms with van der Waals surface area (Å²) in [6.07, 6.45) is 5.40. The highest BCUT2D eigenvalue weighted by atomic mass is 16.5. The van der Waals surface area contributed by atoms with Crippen LogP contribution in [0.15, 0.2) is 33.8 Å². The van der Waals surface area contributed by atoms with E-state index in [0.717, 1.165) is 36.4 Å². The molecule has 1 aliphatic carbocycles.